The minimum absolute atomic E-state index is 0.299. The Morgan fingerprint density at radius 2 is 1.72 bits per heavy atom. The van der Waals surface area contributed by atoms with Crippen LogP contribution in [0.25, 0.3) is 11.1 Å². The van der Waals surface area contributed by atoms with E-state index in [1.807, 2.05) is 12.1 Å². The zero-order valence-corrected chi connectivity index (χ0v) is 19.3. The van der Waals surface area contributed by atoms with Gasteiger partial charge < -0.3 is 9.64 Å². The van der Waals surface area contributed by atoms with Gasteiger partial charge in [0.1, 0.15) is 5.75 Å². The number of ether oxygens (including phenoxy) is 1. The summed E-state index contributed by atoms with van der Waals surface area (Å²) >= 11 is 0. The molecule has 5 nitrogen and oxygen atoms in total. The minimum Gasteiger partial charge on any atom is -0.497 e. The van der Waals surface area contributed by atoms with E-state index in [1.54, 1.807) is 7.11 Å². The quantitative estimate of drug-likeness (QED) is 0.719. The maximum absolute atomic E-state index is 13.0. The van der Waals surface area contributed by atoms with E-state index in [0.29, 0.717) is 12.5 Å². The SMILES string of the molecule is COc1cccc(-c2ccc3c(c2)CCN(CC(=O)N2CCN(C4CCCC4)CC2)C3)c1. The second kappa shape index (κ2) is 9.63. The molecule has 5 heteroatoms. The van der Waals surface area contributed by atoms with Gasteiger partial charge in [0, 0.05) is 45.3 Å². The highest BCUT2D eigenvalue weighted by Crippen LogP contribution is 2.29. The van der Waals surface area contributed by atoms with Crippen molar-refractivity contribution in [1.29, 1.82) is 0 Å². The number of fused-ring (bicyclic) bond motifs is 1. The highest BCUT2D eigenvalue weighted by atomic mass is 16.5. The number of piperazine rings is 1. The lowest BCUT2D eigenvalue weighted by atomic mass is 9.94. The molecule has 2 fully saturated rings. The molecule has 170 valence electrons. The monoisotopic (exact) mass is 433 g/mol. The van der Waals surface area contributed by atoms with E-state index in [0.717, 1.165) is 57.5 Å². The van der Waals surface area contributed by atoms with Crippen LogP contribution >= 0.6 is 0 Å². The molecule has 0 unspecified atom stereocenters. The fourth-order valence-corrected chi connectivity index (χ4v) is 5.63. The number of methoxy groups -OCH3 is 1. The summed E-state index contributed by atoms with van der Waals surface area (Å²) in [5.41, 5.74) is 5.16. The molecule has 1 saturated carbocycles. The predicted octanol–water partition coefficient (Wildman–Crippen LogP) is 3.81. The van der Waals surface area contributed by atoms with Crippen molar-refractivity contribution >= 4 is 5.91 Å². The zero-order chi connectivity index (χ0) is 21.9. The third-order valence-corrected chi connectivity index (χ3v) is 7.57. The lowest BCUT2D eigenvalue weighted by Crippen LogP contribution is -2.53. The van der Waals surface area contributed by atoms with Gasteiger partial charge in [0.2, 0.25) is 5.91 Å². The first-order valence-electron chi connectivity index (χ1n) is 12.2. The predicted molar refractivity (Wildman–Crippen MR) is 128 cm³/mol. The van der Waals surface area contributed by atoms with Gasteiger partial charge in [-0.25, -0.2) is 0 Å². The van der Waals surface area contributed by atoms with Gasteiger partial charge in [-0.1, -0.05) is 43.2 Å². The Morgan fingerprint density at radius 1 is 0.938 bits per heavy atom. The molecule has 2 aromatic rings. The molecule has 0 radical (unpaired) electrons. The van der Waals surface area contributed by atoms with Crippen molar-refractivity contribution in [3.8, 4) is 16.9 Å². The Kier molecular flexibility index (Phi) is 6.47. The summed E-state index contributed by atoms with van der Waals surface area (Å²) in [4.78, 5) is 20.0. The lowest BCUT2D eigenvalue weighted by Gasteiger charge is -2.39. The topological polar surface area (TPSA) is 36.0 Å². The number of rotatable bonds is 5. The third-order valence-electron chi connectivity index (χ3n) is 7.57. The molecule has 1 amide bonds. The van der Waals surface area contributed by atoms with Crippen LogP contribution in [0.4, 0.5) is 0 Å². The first-order chi connectivity index (χ1) is 15.7. The van der Waals surface area contributed by atoms with Crippen LogP contribution in [0.5, 0.6) is 5.75 Å². The molecule has 2 aromatic carbocycles. The molecule has 0 bridgehead atoms. The summed E-state index contributed by atoms with van der Waals surface area (Å²) in [7, 11) is 1.71. The molecular weight excluding hydrogens is 398 g/mol. The Bertz CT molecular complexity index is 946. The Morgan fingerprint density at radius 3 is 2.50 bits per heavy atom. The third kappa shape index (κ3) is 4.69. The van der Waals surface area contributed by atoms with E-state index in [2.05, 4.69) is 45.0 Å². The Hall–Kier alpha value is -2.37. The lowest BCUT2D eigenvalue weighted by molar-refractivity contribution is -0.134. The molecule has 0 spiro atoms. The molecule has 5 rings (SSSR count). The van der Waals surface area contributed by atoms with Crippen LogP contribution in [-0.2, 0) is 17.8 Å². The fourth-order valence-electron chi connectivity index (χ4n) is 5.63. The van der Waals surface area contributed by atoms with Crippen molar-refractivity contribution in [3.63, 3.8) is 0 Å². The average Bonchev–Trinajstić information content (AvgIpc) is 3.39. The molecule has 0 aromatic heterocycles. The average molecular weight is 434 g/mol. The summed E-state index contributed by atoms with van der Waals surface area (Å²) < 4.78 is 5.38. The van der Waals surface area contributed by atoms with Crippen molar-refractivity contribution < 1.29 is 9.53 Å². The van der Waals surface area contributed by atoms with E-state index >= 15 is 0 Å². The number of benzene rings is 2. The summed E-state index contributed by atoms with van der Waals surface area (Å²) in [5.74, 6) is 1.18. The van der Waals surface area contributed by atoms with Gasteiger partial charge >= 0.3 is 0 Å². The first kappa shape index (κ1) is 21.5. The Balaban J connectivity index is 1.16. The maximum atomic E-state index is 13.0. The second-order valence-electron chi connectivity index (χ2n) is 9.53. The normalized spacial score (nSPS) is 20.3. The van der Waals surface area contributed by atoms with E-state index in [1.165, 1.54) is 47.9 Å². The number of carbonyl (C=O) groups is 1. The van der Waals surface area contributed by atoms with Crippen LogP contribution in [0.2, 0.25) is 0 Å². The largest absolute Gasteiger partial charge is 0.497 e. The van der Waals surface area contributed by atoms with Gasteiger partial charge in [0.25, 0.3) is 0 Å². The van der Waals surface area contributed by atoms with Gasteiger partial charge in [-0.05, 0) is 53.6 Å². The van der Waals surface area contributed by atoms with Gasteiger partial charge in [-0.2, -0.15) is 0 Å². The Labute approximate surface area is 191 Å². The number of amides is 1. The van der Waals surface area contributed by atoms with Gasteiger partial charge in [-0.3, -0.25) is 14.6 Å². The number of carbonyl (C=O) groups excluding carboxylic acids is 1. The molecule has 0 atom stereocenters. The van der Waals surface area contributed by atoms with Crippen molar-refractivity contribution in [2.45, 2.75) is 44.7 Å². The van der Waals surface area contributed by atoms with Crippen molar-refractivity contribution in [1.82, 2.24) is 14.7 Å². The van der Waals surface area contributed by atoms with E-state index in [-0.39, 0.29) is 0 Å². The highest BCUT2D eigenvalue weighted by Gasteiger charge is 2.29. The maximum Gasteiger partial charge on any atom is 0.236 e. The van der Waals surface area contributed by atoms with Crippen LogP contribution in [0.3, 0.4) is 0 Å². The first-order valence-corrected chi connectivity index (χ1v) is 12.2. The fraction of sp³-hybridized carbons (Fsp3) is 0.519. The summed E-state index contributed by atoms with van der Waals surface area (Å²) in [6.07, 6.45) is 6.44. The van der Waals surface area contributed by atoms with E-state index < -0.39 is 0 Å². The van der Waals surface area contributed by atoms with Crippen LogP contribution in [0.1, 0.15) is 36.8 Å². The van der Waals surface area contributed by atoms with Gasteiger partial charge in [0.05, 0.1) is 13.7 Å². The molecule has 3 aliphatic rings. The molecule has 2 aliphatic heterocycles. The number of nitrogens with zero attached hydrogens (tertiary/aromatic N) is 3. The molecule has 2 heterocycles. The molecule has 1 aliphatic carbocycles. The van der Waals surface area contributed by atoms with Crippen LogP contribution in [-0.4, -0.2) is 73.0 Å². The van der Waals surface area contributed by atoms with Crippen molar-refractivity contribution in [2.75, 3.05) is 46.4 Å². The standard InChI is InChI=1S/C27H35N3O2/c1-32-26-8-4-5-21(18-26)22-9-10-24-19-28(12-11-23(24)17-22)20-27(31)30-15-13-29(14-16-30)25-6-2-3-7-25/h4-5,8-10,17-18,25H,2-3,6-7,11-16,19-20H2,1H3. The van der Waals surface area contributed by atoms with Gasteiger partial charge in [-0.15, -0.1) is 0 Å². The van der Waals surface area contributed by atoms with Crippen LogP contribution < -0.4 is 4.74 Å². The smallest absolute Gasteiger partial charge is 0.236 e. The van der Waals surface area contributed by atoms with Crippen molar-refractivity contribution in [2.24, 2.45) is 0 Å². The molecule has 32 heavy (non-hydrogen) atoms. The van der Waals surface area contributed by atoms with Crippen molar-refractivity contribution in [3.05, 3.63) is 53.6 Å². The molecular formula is C27H35N3O2. The van der Waals surface area contributed by atoms with Crippen LogP contribution in [0, 0.1) is 0 Å². The molecule has 1 saturated heterocycles. The highest BCUT2D eigenvalue weighted by molar-refractivity contribution is 5.78. The number of hydrogen-bond acceptors (Lipinski definition) is 4. The van der Waals surface area contributed by atoms with Gasteiger partial charge in [0.15, 0.2) is 0 Å². The minimum atomic E-state index is 0.299. The summed E-state index contributed by atoms with van der Waals surface area (Å²) in [6, 6.07) is 15.7. The van der Waals surface area contributed by atoms with E-state index in [4.69, 9.17) is 4.74 Å². The van der Waals surface area contributed by atoms with Crippen LogP contribution in [0.15, 0.2) is 42.5 Å². The molecule has 0 N–H and O–H groups in total. The number of hydrogen-bond donors (Lipinski definition) is 0. The summed E-state index contributed by atoms with van der Waals surface area (Å²) in [5, 5.41) is 0. The van der Waals surface area contributed by atoms with E-state index in [9.17, 15) is 4.79 Å². The summed E-state index contributed by atoms with van der Waals surface area (Å²) in [6.45, 7) is 6.23. The zero-order valence-electron chi connectivity index (χ0n) is 19.3. The second-order valence-corrected chi connectivity index (χ2v) is 9.53.